The minimum Gasteiger partial charge on any atom is -0.462 e. The number of ether oxygens (including phenoxy) is 2. The fraction of sp³-hybridized carbons (Fsp3) is 0.667. The molecule has 4 heteroatoms. The second-order valence-corrected chi connectivity index (χ2v) is 6.13. The molecule has 0 aromatic carbocycles. The highest BCUT2D eigenvalue weighted by Crippen LogP contribution is 2.29. The fourth-order valence-electron chi connectivity index (χ4n) is 1.86. The maximum Gasteiger partial charge on any atom is 0.323 e. The molecule has 0 amide bonds. The Hall–Kier alpha value is -1.58. The number of hydrogen-bond donors (Lipinski definition) is 0. The SMILES string of the molecule is C=CCC=CCCCC(C)(C(=O)OC(C)C)C(=O)OC(C)C. The van der Waals surface area contributed by atoms with Gasteiger partial charge in [-0.1, -0.05) is 18.2 Å². The normalized spacial score (nSPS) is 12.0. The molecule has 0 atom stereocenters. The van der Waals surface area contributed by atoms with Crippen LogP contribution in [0.1, 0.15) is 60.3 Å². The van der Waals surface area contributed by atoms with Crippen molar-refractivity contribution in [3.8, 4) is 0 Å². The van der Waals surface area contributed by atoms with Crippen molar-refractivity contribution in [2.24, 2.45) is 5.41 Å². The Labute approximate surface area is 134 Å². The van der Waals surface area contributed by atoms with Crippen molar-refractivity contribution in [1.82, 2.24) is 0 Å². The van der Waals surface area contributed by atoms with Gasteiger partial charge in [-0.25, -0.2) is 0 Å². The van der Waals surface area contributed by atoms with E-state index >= 15 is 0 Å². The third-order valence-corrected chi connectivity index (χ3v) is 3.10. The summed E-state index contributed by atoms with van der Waals surface area (Å²) in [4.78, 5) is 24.6. The summed E-state index contributed by atoms with van der Waals surface area (Å²) in [5.74, 6) is -1.02. The zero-order chi connectivity index (χ0) is 17.2. The fourth-order valence-corrected chi connectivity index (χ4v) is 1.86. The maximum atomic E-state index is 12.3. The van der Waals surface area contributed by atoms with Crippen molar-refractivity contribution in [3.05, 3.63) is 24.8 Å². The van der Waals surface area contributed by atoms with Crippen LogP contribution in [0.15, 0.2) is 24.8 Å². The van der Waals surface area contributed by atoms with E-state index in [2.05, 4.69) is 6.58 Å². The standard InChI is InChI=1S/C18H30O4/c1-7-8-9-10-11-12-13-18(6,16(19)21-14(2)3)17(20)22-15(4)5/h7,9-10,14-15H,1,8,11-13H2,2-6H3. The number of unbranched alkanes of at least 4 members (excludes halogenated alkanes) is 1. The van der Waals surface area contributed by atoms with Crippen LogP contribution in [0.3, 0.4) is 0 Å². The lowest BCUT2D eigenvalue weighted by molar-refractivity contribution is -0.176. The van der Waals surface area contributed by atoms with Gasteiger partial charge < -0.3 is 9.47 Å². The van der Waals surface area contributed by atoms with Gasteiger partial charge in [-0.3, -0.25) is 9.59 Å². The number of carbonyl (C=O) groups excluding carboxylic acids is 2. The first kappa shape index (κ1) is 20.4. The van der Waals surface area contributed by atoms with Gasteiger partial charge in [0.15, 0.2) is 5.41 Å². The quantitative estimate of drug-likeness (QED) is 0.263. The lowest BCUT2D eigenvalue weighted by Crippen LogP contribution is -2.41. The zero-order valence-corrected chi connectivity index (χ0v) is 14.6. The second kappa shape index (κ2) is 10.2. The molecule has 0 heterocycles. The second-order valence-electron chi connectivity index (χ2n) is 6.13. The van der Waals surface area contributed by atoms with E-state index in [0.717, 1.165) is 12.8 Å². The summed E-state index contributed by atoms with van der Waals surface area (Å²) in [6.45, 7) is 12.3. The van der Waals surface area contributed by atoms with Gasteiger partial charge in [0.2, 0.25) is 0 Å². The zero-order valence-electron chi connectivity index (χ0n) is 14.6. The van der Waals surface area contributed by atoms with Gasteiger partial charge in [-0.05, 0) is 60.3 Å². The van der Waals surface area contributed by atoms with Crippen LogP contribution in [0, 0.1) is 5.41 Å². The van der Waals surface area contributed by atoms with E-state index in [-0.39, 0.29) is 12.2 Å². The van der Waals surface area contributed by atoms with E-state index < -0.39 is 17.4 Å². The molecule has 0 saturated carbocycles. The van der Waals surface area contributed by atoms with Crippen molar-refractivity contribution in [2.45, 2.75) is 72.5 Å². The van der Waals surface area contributed by atoms with E-state index in [1.807, 2.05) is 18.2 Å². The molecule has 126 valence electrons. The van der Waals surface area contributed by atoms with E-state index in [0.29, 0.717) is 12.8 Å². The summed E-state index contributed by atoms with van der Waals surface area (Å²) in [5.41, 5.74) is -1.25. The molecular formula is C18H30O4. The third kappa shape index (κ3) is 7.43. The number of carbonyl (C=O) groups is 2. The molecule has 0 aliphatic carbocycles. The van der Waals surface area contributed by atoms with Crippen molar-refractivity contribution >= 4 is 11.9 Å². The third-order valence-electron chi connectivity index (χ3n) is 3.10. The minimum absolute atomic E-state index is 0.258. The van der Waals surface area contributed by atoms with Gasteiger partial charge in [0.1, 0.15) is 0 Å². The van der Waals surface area contributed by atoms with Gasteiger partial charge in [0.05, 0.1) is 12.2 Å². The summed E-state index contributed by atoms with van der Waals surface area (Å²) in [5, 5.41) is 0. The molecule has 0 rings (SSSR count). The molecule has 0 radical (unpaired) electrons. The summed E-state index contributed by atoms with van der Waals surface area (Å²) in [7, 11) is 0. The molecule has 0 aliphatic heterocycles. The molecule has 0 unspecified atom stereocenters. The Morgan fingerprint density at radius 3 is 1.95 bits per heavy atom. The van der Waals surface area contributed by atoms with Crippen molar-refractivity contribution < 1.29 is 19.1 Å². The Kier molecular flexibility index (Phi) is 9.46. The highest BCUT2D eigenvalue weighted by atomic mass is 16.6. The Morgan fingerprint density at radius 2 is 1.55 bits per heavy atom. The van der Waals surface area contributed by atoms with E-state index in [1.54, 1.807) is 34.6 Å². The van der Waals surface area contributed by atoms with Crippen molar-refractivity contribution in [3.63, 3.8) is 0 Å². The molecule has 0 aromatic heterocycles. The molecule has 0 bridgehead atoms. The predicted octanol–water partition coefficient (Wildman–Crippen LogP) is 4.20. The van der Waals surface area contributed by atoms with E-state index in [1.165, 1.54) is 0 Å². The Morgan fingerprint density at radius 1 is 1.05 bits per heavy atom. The highest BCUT2D eigenvalue weighted by Gasteiger charge is 2.44. The largest absolute Gasteiger partial charge is 0.462 e. The van der Waals surface area contributed by atoms with E-state index in [4.69, 9.17) is 9.47 Å². The molecule has 0 aromatic rings. The van der Waals surface area contributed by atoms with Crippen LogP contribution in [-0.2, 0) is 19.1 Å². The summed E-state index contributed by atoms with van der Waals surface area (Å²) in [6, 6.07) is 0. The Bertz CT molecular complexity index is 372. The van der Waals surface area contributed by atoms with Gasteiger partial charge in [0, 0.05) is 0 Å². The van der Waals surface area contributed by atoms with Crippen LogP contribution in [0.25, 0.3) is 0 Å². The first-order valence-electron chi connectivity index (χ1n) is 7.92. The Balaban J connectivity index is 4.81. The van der Waals surface area contributed by atoms with Gasteiger partial charge in [0.25, 0.3) is 0 Å². The molecule has 0 aliphatic rings. The highest BCUT2D eigenvalue weighted by molar-refractivity contribution is 5.99. The average Bonchev–Trinajstić information content (AvgIpc) is 2.40. The predicted molar refractivity (Wildman–Crippen MR) is 88.4 cm³/mol. The van der Waals surface area contributed by atoms with Crippen LogP contribution < -0.4 is 0 Å². The maximum absolute atomic E-state index is 12.3. The first-order valence-corrected chi connectivity index (χ1v) is 7.92. The molecular weight excluding hydrogens is 280 g/mol. The van der Waals surface area contributed by atoms with Crippen LogP contribution in [0.2, 0.25) is 0 Å². The lowest BCUT2D eigenvalue weighted by atomic mass is 9.84. The molecule has 22 heavy (non-hydrogen) atoms. The monoisotopic (exact) mass is 310 g/mol. The number of esters is 2. The summed E-state index contributed by atoms with van der Waals surface area (Å²) >= 11 is 0. The van der Waals surface area contributed by atoms with Crippen LogP contribution in [-0.4, -0.2) is 24.1 Å². The number of allylic oxidation sites excluding steroid dienone is 3. The van der Waals surface area contributed by atoms with Crippen molar-refractivity contribution in [1.29, 1.82) is 0 Å². The van der Waals surface area contributed by atoms with Crippen LogP contribution >= 0.6 is 0 Å². The van der Waals surface area contributed by atoms with Gasteiger partial charge in [-0.15, -0.1) is 6.58 Å². The molecule has 0 N–H and O–H groups in total. The van der Waals surface area contributed by atoms with Crippen LogP contribution in [0.5, 0.6) is 0 Å². The molecule has 0 saturated heterocycles. The smallest absolute Gasteiger partial charge is 0.323 e. The average molecular weight is 310 g/mol. The molecule has 4 nitrogen and oxygen atoms in total. The van der Waals surface area contributed by atoms with Gasteiger partial charge >= 0.3 is 11.9 Å². The number of hydrogen-bond acceptors (Lipinski definition) is 4. The van der Waals surface area contributed by atoms with Gasteiger partial charge in [-0.2, -0.15) is 0 Å². The van der Waals surface area contributed by atoms with E-state index in [9.17, 15) is 9.59 Å². The lowest BCUT2D eigenvalue weighted by Gasteiger charge is -2.27. The topological polar surface area (TPSA) is 52.6 Å². The number of rotatable bonds is 10. The summed E-state index contributed by atoms with van der Waals surface area (Å²) in [6.07, 6.45) is 8.09. The molecule has 0 fully saturated rings. The minimum atomic E-state index is -1.25. The first-order chi connectivity index (χ1) is 10.2. The van der Waals surface area contributed by atoms with Crippen molar-refractivity contribution in [2.75, 3.05) is 0 Å². The summed E-state index contributed by atoms with van der Waals surface area (Å²) < 4.78 is 10.5. The van der Waals surface area contributed by atoms with Crippen LogP contribution in [0.4, 0.5) is 0 Å². The molecule has 0 spiro atoms.